The van der Waals surface area contributed by atoms with E-state index >= 15 is 0 Å². The van der Waals surface area contributed by atoms with Crippen LogP contribution < -0.4 is 4.72 Å². The molecule has 1 heterocycles. The summed E-state index contributed by atoms with van der Waals surface area (Å²) < 4.78 is 64.6. The van der Waals surface area contributed by atoms with Crippen molar-refractivity contribution in [2.24, 2.45) is 0 Å². The third-order valence-electron chi connectivity index (χ3n) is 2.67. The Kier molecular flexibility index (Phi) is 5.05. The molecular weight excluding hydrogens is 414 g/mol. The van der Waals surface area contributed by atoms with E-state index in [1.165, 1.54) is 0 Å². The maximum atomic E-state index is 12.8. The second-order valence-electron chi connectivity index (χ2n) is 4.40. The topological polar surface area (TPSA) is 83.5 Å². The number of carbonyl (C=O) groups is 1. The van der Waals surface area contributed by atoms with Crippen molar-refractivity contribution in [2.45, 2.75) is 11.1 Å². The largest absolute Gasteiger partial charge is 0.478 e. The number of hydrogen-bond acceptors (Lipinski definition) is 4. The van der Waals surface area contributed by atoms with Crippen LogP contribution in [-0.2, 0) is 16.2 Å². The third-order valence-corrected chi connectivity index (χ3v) is 5.81. The number of anilines is 1. The molecule has 0 saturated carbocycles. The Labute approximate surface area is 147 Å². The molecule has 1 aromatic carbocycles. The summed E-state index contributed by atoms with van der Waals surface area (Å²) in [6, 6.07) is 2.67. The molecule has 0 bridgehead atoms. The minimum absolute atomic E-state index is 0.0654. The smallest absolute Gasteiger partial charge is 0.416 e. The zero-order chi connectivity index (χ0) is 18.3. The van der Waals surface area contributed by atoms with E-state index in [9.17, 15) is 26.4 Å². The number of aromatic carboxylic acids is 1. The van der Waals surface area contributed by atoms with E-state index in [2.05, 4.69) is 0 Å². The van der Waals surface area contributed by atoms with Crippen LogP contribution in [0.15, 0.2) is 29.2 Å². The molecule has 2 N–H and O–H groups in total. The lowest BCUT2D eigenvalue weighted by molar-refractivity contribution is -0.137. The summed E-state index contributed by atoms with van der Waals surface area (Å²) in [5, 5.41) is 8.88. The van der Waals surface area contributed by atoms with E-state index in [4.69, 9.17) is 28.3 Å². The number of rotatable bonds is 4. The van der Waals surface area contributed by atoms with Gasteiger partial charge < -0.3 is 5.11 Å². The van der Waals surface area contributed by atoms with Gasteiger partial charge in [0.25, 0.3) is 10.0 Å². The van der Waals surface area contributed by atoms with Crippen molar-refractivity contribution in [3.05, 3.63) is 44.1 Å². The van der Waals surface area contributed by atoms with Gasteiger partial charge in [-0.3, -0.25) is 4.72 Å². The van der Waals surface area contributed by atoms with Crippen LogP contribution in [0.1, 0.15) is 15.9 Å². The van der Waals surface area contributed by atoms with Gasteiger partial charge in [0, 0.05) is 0 Å². The first-order valence-corrected chi connectivity index (χ1v) is 8.89. The second kappa shape index (κ2) is 6.43. The molecule has 0 aliphatic carbocycles. The first-order valence-electron chi connectivity index (χ1n) is 5.83. The van der Waals surface area contributed by atoms with Gasteiger partial charge in [0.2, 0.25) is 0 Å². The number of carboxylic acid groups (broad SMARTS) is 1. The molecule has 0 fully saturated rings. The van der Waals surface area contributed by atoms with Crippen molar-refractivity contribution in [1.29, 1.82) is 0 Å². The van der Waals surface area contributed by atoms with Crippen LogP contribution >= 0.6 is 34.5 Å². The van der Waals surface area contributed by atoms with Crippen LogP contribution in [0.2, 0.25) is 8.67 Å². The molecule has 0 amide bonds. The molecule has 2 rings (SSSR count). The fourth-order valence-electron chi connectivity index (χ4n) is 1.69. The van der Waals surface area contributed by atoms with Crippen LogP contribution in [0, 0.1) is 0 Å². The van der Waals surface area contributed by atoms with Crippen molar-refractivity contribution in [2.75, 3.05) is 4.72 Å². The molecule has 0 aliphatic heterocycles. The number of halogens is 5. The molecule has 5 nitrogen and oxygen atoms in total. The number of benzene rings is 1. The molecule has 0 unspecified atom stereocenters. The normalized spacial score (nSPS) is 12.2. The monoisotopic (exact) mass is 419 g/mol. The molecule has 130 valence electrons. The highest BCUT2D eigenvalue weighted by molar-refractivity contribution is 7.93. The SMILES string of the molecule is O=C(O)c1cc(NS(=O)(=O)c2cc(Cl)sc2Cl)cc(C(F)(F)F)c1. The fourth-order valence-corrected chi connectivity index (χ4v) is 4.88. The van der Waals surface area contributed by atoms with Crippen LogP contribution in [0.3, 0.4) is 0 Å². The van der Waals surface area contributed by atoms with E-state index in [0.717, 1.165) is 23.5 Å². The highest BCUT2D eigenvalue weighted by Crippen LogP contribution is 2.36. The van der Waals surface area contributed by atoms with Crippen molar-refractivity contribution in [3.63, 3.8) is 0 Å². The average Bonchev–Trinajstić information content (AvgIpc) is 2.76. The van der Waals surface area contributed by atoms with Crippen molar-refractivity contribution in [3.8, 4) is 0 Å². The molecule has 0 saturated heterocycles. The lowest BCUT2D eigenvalue weighted by Gasteiger charge is -2.12. The molecule has 24 heavy (non-hydrogen) atoms. The standard InChI is InChI=1S/C12H6Cl2F3NO4S2/c13-9-4-8(10(14)23-9)24(21,22)18-7-2-5(11(19)20)1-6(3-7)12(15,16)17/h1-4,18H,(H,19,20). The lowest BCUT2D eigenvalue weighted by atomic mass is 10.1. The molecule has 1 aromatic heterocycles. The molecule has 0 radical (unpaired) electrons. The predicted molar refractivity (Wildman–Crippen MR) is 83.6 cm³/mol. The Balaban J connectivity index is 2.51. The number of thiophene rings is 1. The Bertz CT molecular complexity index is 910. The van der Waals surface area contributed by atoms with Gasteiger partial charge in [-0.1, -0.05) is 23.2 Å². The van der Waals surface area contributed by atoms with Gasteiger partial charge in [-0.15, -0.1) is 11.3 Å². The zero-order valence-corrected chi connectivity index (χ0v) is 14.3. The third kappa shape index (κ3) is 4.12. The summed E-state index contributed by atoms with van der Waals surface area (Å²) >= 11 is 12.1. The van der Waals surface area contributed by atoms with Gasteiger partial charge in [-0.25, -0.2) is 13.2 Å². The Morgan fingerprint density at radius 1 is 1.17 bits per heavy atom. The number of hydrogen-bond donors (Lipinski definition) is 2. The summed E-state index contributed by atoms with van der Waals surface area (Å²) in [6.45, 7) is 0. The van der Waals surface area contributed by atoms with Crippen LogP contribution in [0.25, 0.3) is 0 Å². The molecule has 0 atom stereocenters. The highest BCUT2D eigenvalue weighted by Gasteiger charge is 2.32. The summed E-state index contributed by atoms with van der Waals surface area (Å²) in [4.78, 5) is 10.5. The first kappa shape index (κ1) is 18.8. The summed E-state index contributed by atoms with van der Waals surface area (Å²) in [5.41, 5.74) is -2.60. The van der Waals surface area contributed by atoms with Gasteiger partial charge in [-0.2, -0.15) is 13.2 Å². The van der Waals surface area contributed by atoms with E-state index in [0.29, 0.717) is 12.1 Å². The second-order valence-corrected chi connectivity index (χ2v) is 8.33. The average molecular weight is 420 g/mol. The first-order chi connectivity index (χ1) is 10.9. The van der Waals surface area contributed by atoms with Crippen molar-refractivity contribution < 1.29 is 31.5 Å². The van der Waals surface area contributed by atoms with Crippen molar-refractivity contribution >= 4 is 56.2 Å². The number of carboxylic acids is 1. The number of alkyl halides is 3. The summed E-state index contributed by atoms with van der Waals surface area (Å²) in [5.74, 6) is -1.64. The van der Waals surface area contributed by atoms with Crippen LogP contribution in [0.4, 0.5) is 18.9 Å². The van der Waals surface area contributed by atoms with Gasteiger partial charge in [-0.05, 0) is 24.3 Å². The zero-order valence-electron chi connectivity index (χ0n) is 11.2. The fraction of sp³-hybridized carbons (Fsp3) is 0.0833. The molecule has 2 aromatic rings. The minimum atomic E-state index is -4.85. The minimum Gasteiger partial charge on any atom is -0.478 e. The van der Waals surface area contributed by atoms with Gasteiger partial charge >= 0.3 is 12.1 Å². The van der Waals surface area contributed by atoms with Gasteiger partial charge in [0.15, 0.2) is 0 Å². The predicted octanol–water partition coefficient (Wildman–Crippen LogP) is 4.57. The molecule has 12 heteroatoms. The van der Waals surface area contributed by atoms with Gasteiger partial charge in [0.05, 0.1) is 21.2 Å². The maximum absolute atomic E-state index is 12.8. The Morgan fingerprint density at radius 3 is 2.25 bits per heavy atom. The molecular formula is C12H6Cl2F3NO4S2. The Morgan fingerprint density at radius 2 is 1.79 bits per heavy atom. The van der Waals surface area contributed by atoms with Crippen LogP contribution in [-0.4, -0.2) is 19.5 Å². The molecule has 0 aliphatic rings. The summed E-state index contributed by atoms with van der Waals surface area (Å²) in [7, 11) is -4.34. The van der Waals surface area contributed by atoms with E-state index in [-0.39, 0.29) is 8.67 Å². The summed E-state index contributed by atoms with van der Waals surface area (Å²) in [6.07, 6.45) is -4.85. The quantitative estimate of drug-likeness (QED) is 0.759. The highest BCUT2D eigenvalue weighted by atomic mass is 35.5. The van der Waals surface area contributed by atoms with Crippen LogP contribution in [0.5, 0.6) is 0 Å². The van der Waals surface area contributed by atoms with E-state index < -0.39 is 43.9 Å². The van der Waals surface area contributed by atoms with Crippen molar-refractivity contribution in [1.82, 2.24) is 0 Å². The maximum Gasteiger partial charge on any atom is 0.416 e. The van der Waals surface area contributed by atoms with E-state index in [1.54, 1.807) is 0 Å². The number of sulfonamides is 1. The lowest BCUT2D eigenvalue weighted by Crippen LogP contribution is -2.15. The Hall–Kier alpha value is -1.49. The van der Waals surface area contributed by atoms with Gasteiger partial charge in [0.1, 0.15) is 9.23 Å². The number of nitrogens with one attached hydrogen (secondary N) is 1. The van der Waals surface area contributed by atoms with E-state index in [1.807, 2.05) is 4.72 Å². The molecule has 0 spiro atoms.